The minimum atomic E-state index is 0.374. The van der Waals surface area contributed by atoms with Crippen LogP contribution in [0.25, 0.3) is 0 Å². The largest absolute Gasteiger partial charge is 0.123 e. The highest BCUT2D eigenvalue weighted by atomic mass is 35.5. The third-order valence-electron chi connectivity index (χ3n) is 2.96. The number of alkyl halides is 1. The van der Waals surface area contributed by atoms with Gasteiger partial charge in [-0.05, 0) is 13.3 Å². The van der Waals surface area contributed by atoms with Crippen molar-refractivity contribution in [3.05, 3.63) is 0 Å². The zero-order chi connectivity index (χ0) is 11.4. The summed E-state index contributed by atoms with van der Waals surface area (Å²) in [6.45, 7) is 4.37. The van der Waals surface area contributed by atoms with Crippen molar-refractivity contribution in [3.8, 4) is 0 Å². The van der Waals surface area contributed by atoms with Crippen molar-refractivity contribution in [2.45, 2.75) is 89.9 Å². The number of halogens is 1. The standard InChI is InChI=1S/C14H29Cl/c1-3-4-5-6-7-8-9-10-11-12-13-14(2)15/h14H,3-13H2,1-2H3. The van der Waals surface area contributed by atoms with Crippen molar-refractivity contribution < 1.29 is 0 Å². The minimum Gasteiger partial charge on any atom is -0.123 e. The van der Waals surface area contributed by atoms with Crippen LogP contribution in [0.5, 0.6) is 0 Å². The maximum atomic E-state index is 5.89. The van der Waals surface area contributed by atoms with Gasteiger partial charge in [0.15, 0.2) is 0 Å². The molecule has 0 spiro atoms. The number of hydrogen-bond acceptors (Lipinski definition) is 0. The lowest BCUT2D eigenvalue weighted by molar-refractivity contribution is 0.548. The van der Waals surface area contributed by atoms with Crippen LogP contribution in [0.2, 0.25) is 0 Å². The SMILES string of the molecule is CCCCCCCCCCCCC(C)Cl. The molecule has 0 amide bonds. The number of rotatable bonds is 11. The Kier molecular flexibility index (Phi) is 12.6. The van der Waals surface area contributed by atoms with Crippen molar-refractivity contribution in [2.75, 3.05) is 0 Å². The van der Waals surface area contributed by atoms with Crippen LogP contribution in [-0.4, -0.2) is 5.38 Å². The predicted octanol–water partition coefficient (Wildman–Crippen LogP) is 5.92. The Morgan fingerprint density at radius 2 is 1.13 bits per heavy atom. The molecule has 0 fully saturated rings. The van der Waals surface area contributed by atoms with Gasteiger partial charge in [0.05, 0.1) is 0 Å². The molecule has 0 saturated heterocycles. The second-order valence-electron chi connectivity index (χ2n) is 4.75. The first kappa shape index (κ1) is 15.3. The summed E-state index contributed by atoms with van der Waals surface area (Å²) in [5.74, 6) is 0. The molecule has 15 heavy (non-hydrogen) atoms. The number of unbranched alkanes of at least 4 members (excludes halogenated alkanes) is 9. The average molecular weight is 233 g/mol. The van der Waals surface area contributed by atoms with Gasteiger partial charge in [-0.15, -0.1) is 11.6 Å². The van der Waals surface area contributed by atoms with E-state index >= 15 is 0 Å². The Hall–Kier alpha value is 0.290. The highest BCUT2D eigenvalue weighted by Gasteiger charge is 1.96. The summed E-state index contributed by atoms with van der Waals surface area (Å²) in [5.41, 5.74) is 0. The van der Waals surface area contributed by atoms with Gasteiger partial charge in [-0.3, -0.25) is 0 Å². The Labute approximate surface area is 102 Å². The van der Waals surface area contributed by atoms with Gasteiger partial charge in [0, 0.05) is 5.38 Å². The Morgan fingerprint density at radius 1 is 0.733 bits per heavy atom. The zero-order valence-electron chi connectivity index (χ0n) is 10.7. The molecule has 0 rings (SSSR count). The van der Waals surface area contributed by atoms with E-state index in [1.807, 2.05) is 0 Å². The predicted molar refractivity (Wildman–Crippen MR) is 71.8 cm³/mol. The molecule has 0 radical (unpaired) electrons. The lowest BCUT2D eigenvalue weighted by Crippen LogP contribution is -1.90. The van der Waals surface area contributed by atoms with E-state index in [0.29, 0.717) is 5.38 Å². The second-order valence-corrected chi connectivity index (χ2v) is 5.50. The van der Waals surface area contributed by atoms with E-state index in [-0.39, 0.29) is 0 Å². The normalized spacial score (nSPS) is 13.0. The van der Waals surface area contributed by atoms with Crippen LogP contribution in [0.3, 0.4) is 0 Å². The van der Waals surface area contributed by atoms with Crippen LogP contribution in [0.15, 0.2) is 0 Å². The van der Waals surface area contributed by atoms with E-state index < -0.39 is 0 Å². The van der Waals surface area contributed by atoms with E-state index in [0.717, 1.165) is 0 Å². The van der Waals surface area contributed by atoms with Gasteiger partial charge in [-0.25, -0.2) is 0 Å². The lowest BCUT2D eigenvalue weighted by Gasteiger charge is -2.03. The highest BCUT2D eigenvalue weighted by molar-refractivity contribution is 6.20. The van der Waals surface area contributed by atoms with Gasteiger partial charge >= 0.3 is 0 Å². The molecule has 1 heteroatoms. The second kappa shape index (κ2) is 12.4. The smallest absolute Gasteiger partial charge is 0.0307 e. The molecular formula is C14H29Cl. The molecular weight excluding hydrogens is 204 g/mol. The molecule has 1 unspecified atom stereocenters. The Bertz CT molecular complexity index is 110. The van der Waals surface area contributed by atoms with Crippen molar-refractivity contribution in [1.82, 2.24) is 0 Å². The molecule has 0 aromatic heterocycles. The van der Waals surface area contributed by atoms with Crippen molar-refractivity contribution >= 4 is 11.6 Å². The summed E-state index contributed by atoms with van der Waals surface area (Å²) < 4.78 is 0. The van der Waals surface area contributed by atoms with Gasteiger partial charge in [0.2, 0.25) is 0 Å². The Morgan fingerprint density at radius 3 is 1.53 bits per heavy atom. The summed E-state index contributed by atoms with van der Waals surface area (Å²) in [4.78, 5) is 0. The molecule has 1 atom stereocenters. The van der Waals surface area contributed by atoms with Gasteiger partial charge in [0.1, 0.15) is 0 Å². The van der Waals surface area contributed by atoms with E-state index in [2.05, 4.69) is 13.8 Å². The topological polar surface area (TPSA) is 0 Å². The van der Waals surface area contributed by atoms with E-state index in [4.69, 9.17) is 11.6 Å². The average Bonchev–Trinajstić information content (AvgIpc) is 2.20. The molecule has 0 nitrogen and oxygen atoms in total. The molecule has 0 aliphatic carbocycles. The van der Waals surface area contributed by atoms with Crippen LogP contribution in [0.4, 0.5) is 0 Å². The van der Waals surface area contributed by atoms with Crippen LogP contribution in [-0.2, 0) is 0 Å². The molecule has 0 bridgehead atoms. The van der Waals surface area contributed by atoms with E-state index in [1.165, 1.54) is 70.6 Å². The molecule has 0 N–H and O–H groups in total. The fourth-order valence-corrected chi connectivity index (χ4v) is 2.07. The first-order chi connectivity index (χ1) is 7.27. The molecule has 0 heterocycles. The molecule has 92 valence electrons. The van der Waals surface area contributed by atoms with Gasteiger partial charge in [-0.1, -0.05) is 71.1 Å². The summed E-state index contributed by atoms with van der Waals surface area (Å²) in [7, 11) is 0. The van der Waals surface area contributed by atoms with Crippen molar-refractivity contribution in [1.29, 1.82) is 0 Å². The summed E-state index contributed by atoms with van der Waals surface area (Å²) >= 11 is 5.89. The maximum Gasteiger partial charge on any atom is 0.0307 e. The molecule has 0 aromatic carbocycles. The molecule has 0 saturated carbocycles. The van der Waals surface area contributed by atoms with Crippen LogP contribution < -0.4 is 0 Å². The van der Waals surface area contributed by atoms with E-state index in [9.17, 15) is 0 Å². The quantitative estimate of drug-likeness (QED) is 0.306. The third kappa shape index (κ3) is 14.3. The first-order valence-electron chi connectivity index (χ1n) is 6.91. The van der Waals surface area contributed by atoms with E-state index in [1.54, 1.807) is 0 Å². The number of hydrogen-bond donors (Lipinski definition) is 0. The van der Waals surface area contributed by atoms with Crippen molar-refractivity contribution in [3.63, 3.8) is 0 Å². The van der Waals surface area contributed by atoms with Crippen LogP contribution >= 0.6 is 11.6 Å². The highest BCUT2D eigenvalue weighted by Crippen LogP contribution is 2.13. The molecule has 0 aliphatic rings. The Balaban J connectivity index is 2.87. The fourth-order valence-electron chi connectivity index (χ4n) is 1.91. The molecule has 0 aromatic rings. The minimum absolute atomic E-state index is 0.374. The van der Waals surface area contributed by atoms with Gasteiger partial charge in [0.25, 0.3) is 0 Å². The summed E-state index contributed by atoms with van der Waals surface area (Å²) in [6, 6.07) is 0. The summed E-state index contributed by atoms with van der Waals surface area (Å²) in [5, 5.41) is 0.374. The first-order valence-corrected chi connectivity index (χ1v) is 7.35. The van der Waals surface area contributed by atoms with Crippen molar-refractivity contribution in [2.24, 2.45) is 0 Å². The van der Waals surface area contributed by atoms with Crippen LogP contribution in [0, 0.1) is 0 Å². The monoisotopic (exact) mass is 232 g/mol. The molecule has 0 aliphatic heterocycles. The summed E-state index contributed by atoms with van der Waals surface area (Å²) in [6.07, 6.45) is 15.3. The third-order valence-corrected chi connectivity index (χ3v) is 3.17. The van der Waals surface area contributed by atoms with Crippen LogP contribution in [0.1, 0.15) is 84.5 Å². The lowest BCUT2D eigenvalue weighted by atomic mass is 10.1. The zero-order valence-corrected chi connectivity index (χ0v) is 11.5. The van der Waals surface area contributed by atoms with Gasteiger partial charge < -0.3 is 0 Å². The fraction of sp³-hybridized carbons (Fsp3) is 1.00. The van der Waals surface area contributed by atoms with Gasteiger partial charge in [-0.2, -0.15) is 0 Å². The maximum absolute atomic E-state index is 5.89.